The summed E-state index contributed by atoms with van der Waals surface area (Å²) in [6, 6.07) is 16.0. The van der Waals surface area contributed by atoms with Crippen LogP contribution in [0.25, 0.3) is 0 Å². The van der Waals surface area contributed by atoms with Gasteiger partial charge < -0.3 is 10.2 Å². The van der Waals surface area contributed by atoms with Gasteiger partial charge in [-0.15, -0.1) is 0 Å². The standard InChI is InChI=1S/C19H20Cl2N2S/c20-15-9-11-16(12-10-15)22-19(24)23(17-6-2-3-7-17)13-14-5-1-4-8-18(14)21/h1,4-5,8-12,17H,2-3,6-7,13H2,(H,22,24). The Kier molecular flexibility index (Phi) is 5.99. The van der Waals surface area contributed by atoms with Crippen molar-refractivity contribution in [1.82, 2.24) is 4.90 Å². The molecular formula is C19H20Cl2N2S. The quantitative estimate of drug-likeness (QED) is 0.643. The summed E-state index contributed by atoms with van der Waals surface area (Å²) in [5.74, 6) is 0. The van der Waals surface area contributed by atoms with Gasteiger partial charge in [-0.2, -0.15) is 0 Å². The second kappa shape index (κ2) is 8.19. The van der Waals surface area contributed by atoms with Crippen molar-refractivity contribution >= 4 is 46.2 Å². The van der Waals surface area contributed by atoms with E-state index < -0.39 is 0 Å². The molecule has 0 aromatic heterocycles. The van der Waals surface area contributed by atoms with Crippen molar-refractivity contribution < 1.29 is 0 Å². The number of halogens is 2. The number of hydrogen-bond acceptors (Lipinski definition) is 1. The first-order chi connectivity index (χ1) is 11.6. The van der Waals surface area contributed by atoms with Crippen LogP contribution in [0.15, 0.2) is 48.5 Å². The highest BCUT2D eigenvalue weighted by atomic mass is 35.5. The zero-order valence-corrected chi connectivity index (χ0v) is 15.7. The molecule has 24 heavy (non-hydrogen) atoms. The Hall–Kier alpha value is -1.29. The van der Waals surface area contributed by atoms with Gasteiger partial charge >= 0.3 is 0 Å². The maximum absolute atomic E-state index is 6.35. The second-order valence-electron chi connectivity index (χ2n) is 6.09. The molecule has 0 heterocycles. The fraction of sp³-hybridized carbons (Fsp3) is 0.316. The summed E-state index contributed by atoms with van der Waals surface area (Å²) in [5.41, 5.74) is 2.05. The van der Waals surface area contributed by atoms with E-state index in [0.29, 0.717) is 6.04 Å². The van der Waals surface area contributed by atoms with Crippen LogP contribution in [0.3, 0.4) is 0 Å². The lowest BCUT2D eigenvalue weighted by Gasteiger charge is -2.32. The first-order valence-corrected chi connectivity index (χ1v) is 9.36. The molecule has 2 aromatic carbocycles. The van der Waals surface area contributed by atoms with Crippen molar-refractivity contribution in [2.75, 3.05) is 5.32 Å². The minimum absolute atomic E-state index is 0.466. The predicted molar refractivity (Wildman–Crippen MR) is 107 cm³/mol. The van der Waals surface area contributed by atoms with E-state index in [9.17, 15) is 0 Å². The summed E-state index contributed by atoms with van der Waals surface area (Å²) < 4.78 is 0. The predicted octanol–water partition coefficient (Wildman–Crippen LogP) is 6.14. The summed E-state index contributed by atoms with van der Waals surface area (Å²) in [5, 5.41) is 5.59. The number of nitrogens with zero attached hydrogens (tertiary/aromatic N) is 1. The van der Waals surface area contributed by atoms with Gasteiger partial charge in [0.1, 0.15) is 0 Å². The van der Waals surface area contributed by atoms with Gasteiger partial charge in [0.05, 0.1) is 0 Å². The molecule has 1 aliphatic carbocycles. The number of hydrogen-bond donors (Lipinski definition) is 1. The minimum atomic E-state index is 0.466. The molecule has 126 valence electrons. The molecule has 0 saturated heterocycles. The van der Waals surface area contributed by atoms with E-state index in [1.54, 1.807) is 0 Å². The van der Waals surface area contributed by atoms with E-state index >= 15 is 0 Å². The Morgan fingerprint density at radius 3 is 2.38 bits per heavy atom. The molecule has 2 nitrogen and oxygen atoms in total. The third kappa shape index (κ3) is 4.41. The van der Waals surface area contributed by atoms with E-state index in [4.69, 9.17) is 35.4 Å². The Morgan fingerprint density at radius 1 is 1.04 bits per heavy atom. The number of benzene rings is 2. The maximum Gasteiger partial charge on any atom is 0.173 e. The van der Waals surface area contributed by atoms with Gasteiger partial charge in [0.15, 0.2) is 5.11 Å². The lowest BCUT2D eigenvalue weighted by atomic mass is 10.1. The highest BCUT2D eigenvalue weighted by Gasteiger charge is 2.25. The molecule has 0 aliphatic heterocycles. The molecule has 1 aliphatic rings. The largest absolute Gasteiger partial charge is 0.342 e. The molecule has 2 aromatic rings. The molecule has 3 rings (SSSR count). The van der Waals surface area contributed by atoms with Crippen LogP contribution in [-0.2, 0) is 6.54 Å². The number of thiocarbonyl (C=S) groups is 1. The Bertz CT molecular complexity index is 697. The topological polar surface area (TPSA) is 15.3 Å². The van der Waals surface area contributed by atoms with E-state index in [-0.39, 0.29) is 0 Å². The van der Waals surface area contributed by atoms with Crippen LogP contribution in [0, 0.1) is 0 Å². The van der Waals surface area contributed by atoms with Gasteiger partial charge in [0.25, 0.3) is 0 Å². The van der Waals surface area contributed by atoms with E-state index in [2.05, 4.69) is 16.3 Å². The Morgan fingerprint density at radius 2 is 1.71 bits per heavy atom. The van der Waals surface area contributed by atoms with Crippen molar-refractivity contribution in [3.05, 3.63) is 64.1 Å². The zero-order chi connectivity index (χ0) is 16.9. The van der Waals surface area contributed by atoms with Gasteiger partial charge in [0.2, 0.25) is 0 Å². The Labute approximate surface area is 158 Å². The average Bonchev–Trinajstić information content (AvgIpc) is 3.10. The summed E-state index contributed by atoms with van der Waals surface area (Å²) >= 11 is 18.0. The number of rotatable bonds is 4. The second-order valence-corrected chi connectivity index (χ2v) is 7.32. The average molecular weight is 379 g/mol. The summed E-state index contributed by atoms with van der Waals surface area (Å²) in [4.78, 5) is 2.28. The summed E-state index contributed by atoms with van der Waals surface area (Å²) in [6.07, 6.45) is 4.86. The molecule has 1 saturated carbocycles. The monoisotopic (exact) mass is 378 g/mol. The maximum atomic E-state index is 6.35. The SMILES string of the molecule is S=C(Nc1ccc(Cl)cc1)N(Cc1ccccc1Cl)C1CCCC1. The molecule has 0 bridgehead atoms. The molecule has 0 atom stereocenters. The van der Waals surface area contributed by atoms with Crippen LogP contribution < -0.4 is 5.32 Å². The minimum Gasteiger partial charge on any atom is -0.342 e. The Balaban J connectivity index is 1.77. The van der Waals surface area contributed by atoms with E-state index in [0.717, 1.165) is 33.0 Å². The summed E-state index contributed by atoms with van der Waals surface area (Å²) in [7, 11) is 0. The fourth-order valence-electron chi connectivity index (χ4n) is 3.12. The van der Waals surface area contributed by atoms with E-state index in [1.165, 1.54) is 25.7 Å². The van der Waals surface area contributed by atoms with Crippen LogP contribution in [-0.4, -0.2) is 16.1 Å². The van der Waals surface area contributed by atoms with Crippen LogP contribution in [0.4, 0.5) is 5.69 Å². The molecule has 0 spiro atoms. The summed E-state index contributed by atoms with van der Waals surface area (Å²) in [6.45, 7) is 0.726. The smallest absolute Gasteiger partial charge is 0.173 e. The van der Waals surface area contributed by atoms with Crippen LogP contribution >= 0.6 is 35.4 Å². The van der Waals surface area contributed by atoms with Crippen molar-refractivity contribution in [3.63, 3.8) is 0 Å². The lowest BCUT2D eigenvalue weighted by Crippen LogP contribution is -2.41. The fourth-order valence-corrected chi connectivity index (χ4v) is 3.77. The molecule has 0 unspecified atom stereocenters. The van der Waals surface area contributed by atoms with Crippen molar-refractivity contribution in [1.29, 1.82) is 0 Å². The van der Waals surface area contributed by atoms with Crippen LogP contribution in [0.1, 0.15) is 31.2 Å². The van der Waals surface area contributed by atoms with Crippen LogP contribution in [0.5, 0.6) is 0 Å². The van der Waals surface area contributed by atoms with Crippen LogP contribution in [0.2, 0.25) is 10.0 Å². The molecule has 5 heteroatoms. The molecular weight excluding hydrogens is 359 g/mol. The van der Waals surface area contributed by atoms with Gasteiger partial charge in [-0.25, -0.2) is 0 Å². The third-order valence-corrected chi connectivity index (χ3v) is 5.38. The molecule has 0 amide bonds. The molecule has 1 fully saturated rings. The highest BCUT2D eigenvalue weighted by molar-refractivity contribution is 7.80. The van der Waals surface area contributed by atoms with E-state index in [1.807, 2.05) is 42.5 Å². The number of nitrogens with one attached hydrogen (secondary N) is 1. The normalized spacial score (nSPS) is 14.6. The third-order valence-electron chi connectivity index (χ3n) is 4.42. The number of anilines is 1. The van der Waals surface area contributed by atoms with Crippen molar-refractivity contribution in [2.45, 2.75) is 38.3 Å². The van der Waals surface area contributed by atoms with Crippen molar-refractivity contribution in [2.24, 2.45) is 0 Å². The van der Waals surface area contributed by atoms with Gasteiger partial charge in [-0.05, 0) is 61.0 Å². The highest BCUT2D eigenvalue weighted by Crippen LogP contribution is 2.27. The van der Waals surface area contributed by atoms with Gasteiger partial charge in [-0.1, -0.05) is 54.2 Å². The molecule has 0 radical (unpaired) electrons. The zero-order valence-electron chi connectivity index (χ0n) is 13.3. The lowest BCUT2D eigenvalue weighted by molar-refractivity contribution is 0.312. The van der Waals surface area contributed by atoms with Gasteiger partial charge in [-0.3, -0.25) is 0 Å². The first kappa shape index (κ1) is 17.5. The first-order valence-electron chi connectivity index (χ1n) is 8.20. The van der Waals surface area contributed by atoms with Crippen molar-refractivity contribution in [3.8, 4) is 0 Å². The van der Waals surface area contributed by atoms with Gasteiger partial charge in [0, 0.05) is 28.3 Å². The molecule has 1 N–H and O–H groups in total.